The fourth-order valence-corrected chi connectivity index (χ4v) is 10.3. The molecule has 5 nitrogen and oxygen atoms in total. The van der Waals surface area contributed by atoms with Crippen molar-refractivity contribution >= 4 is 5.97 Å². The van der Waals surface area contributed by atoms with E-state index < -0.39 is 34.1 Å². The van der Waals surface area contributed by atoms with E-state index in [1.165, 1.54) is 0 Å². The Morgan fingerprint density at radius 1 is 1.09 bits per heavy atom. The molecule has 4 aliphatic carbocycles. The second-order valence-corrected chi connectivity index (χ2v) is 13.9. The minimum atomic E-state index is -1.00. The van der Waals surface area contributed by atoms with E-state index in [-0.39, 0.29) is 29.6 Å². The molecule has 0 unspecified atom stereocenters. The van der Waals surface area contributed by atoms with Gasteiger partial charge in [-0.05, 0) is 113 Å². The maximum atomic E-state index is 11.9. The Morgan fingerprint density at radius 3 is 2.29 bits per heavy atom. The summed E-state index contributed by atoms with van der Waals surface area (Å²) in [7, 11) is 0. The maximum Gasteiger partial charge on any atom is 0.303 e. The first-order valence-electron chi connectivity index (χ1n) is 13.5. The van der Waals surface area contributed by atoms with Crippen molar-refractivity contribution in [1.82, 2.24) is 0 Å². The number of hydrogen-bond acceptors (Lipinski definition) is 4. The number of hydrogen-bond donors (Lipinski definition) is 4. The third kappa shape index (κ3) is 3.47. The number of aliphatic carboxylic acids is 1. The van der Waals surface area contributed by atoms with Gasteiger partial charge in [0.05, 0.1) is 17.3 Å². The van der Waals surface area contributed by atoms with Crippen LogP contribution in [0.25, 0.3) is 0 Å². The molecule has 0 amide bonds. The highest BCUT2D eigenvalue weighted by Gasteiger charge is 2.72. The third-order valence-electron chi connectivity index (χ3n) is 12.1. The maximum absolute atomic E-state index is 11.9. The monoisotopic (exact) mass is 476 g/mol. The van der Waals surface area contributed by atoms with E-state index in [1.807, 2.05) is 13.8 Å². The molecular formula is C29H48O5. The number of aliphatic hydroxyl groups excluding tert-OH is 1. The molecule has 0 bridgehead atoms. The van der Waals surface area contributed by atoms with Crippen molar-refractivity contribution in [1.29, 1.82) is 0 Å². The molecule has 194 valence electrons. The Hall–Kier alpha value is -0.910. The SMILES string of the molecule is C=C(C)[C@@H]1CC[C@]2(O)CC[C@]3(C)[C@H](CC[C@@H]4[C@@](C)(CCC(=O)O)[C@H](C(C)(C)O)C[C@H](O)[C@]43C)[C@@H]12. The molecule has 0 heterocycles. The van der Waals surface area contributed by atoms with Gasteiger partial charge in [0.15, 0.2) is 0 Å². The molecule has 4 rings (SSSR count). The summed E-state index contributed by atoms with van der Waals surface area (Å²) in [6.07, 6.45) is 5.81. The average Bonchev–Trinajstić information content (AvgIpc) is 3.07. The topological polar surface area (TPSA) is 98.0 Å². The molecule has 0 aromatic heterocycles. The number of fused-ring (bicyclic) bond motifs is 5. The fourth-order valence-electron chi connectivity index (χ4n) is 10.3. The van der Waals surface area contributed by atoms with Crippen LogP contribution >= 0.6 is 0 Å². The zero-order valence-electron chi connectivity index (χ0n) is 22.2. The highest BCUT2D eigenvalue weighted by molar-refractivity contribution is 5.66. The van der Waals surface area contributed by atoms with Crippen LogP contribution in [0.3, 0.4) is 0 Å². The lowest BCUT2D eigenvalue weighted by molar-refractivity contribution is -0.279. The van der Waals surface area contributed by atoms with Crippen LogP contribution in [0, 0.1) is 45.8 Å². The van der Waals surface area contributed by atoms with Gasteiger partial charge in [0, 0.05) is 11.8 Å². The molecule has 0 spiro atoms. The molecule has 0 saturated heterocycles. The van der Waals surface area contributed by atoms with Crippen molar-refractivity contribution < 1.29 is 25.2 Å². The molecule has 4 aliphatic rings. The summed E-state index contributed by atoms with van der Waals surface area (Å²) in [5.74, 6) is -0.0846. The van der Waals surface area contributed by atoms with Gasteiger partial charge in [-0.2, -0.15) is 0 Å². The first kappa shape index (κ1) is 26.2. The van der Waals surface area contributed by atoms with Crippen LogP contribution in [0.1, 0.15) is 99.3 Å². The van der Waals surface area contributed by atoms with Crippen LogP contribution in [-0.2, 0) is 4.79 Å². The molecule has 0 aromatic carbocycles. The Kier molecular flexibility index (Phi) is 6.19. The smallest absolute Gasteiger partial charge is 0.303 e. The minimum absolute atomic E-state index is 0.0754. The second-order valence-electron chi connectivity index (χ2n) is 13.9. The van der Waals surface area contributed by atoms with Gasteiger partial charge in [-0.15, -0.1) is 0 Å². The van der Waals surface area contributed by atoms with Gasteiger partial charge in [-0.1, -0.05) is 32.9 Å². The summed E-state index contributed by atoms with van der Waals surface area (Å²) < 4.78 is 0. The van der Waals surface area contributed by atoms with E-state index in [9.17, 15) is 25.2 Å². The van der Waals surface area contributed by atoms with Gasteiger partial charge in [-0.25, -0.2) is 0 Å². The van der Waals surface area contributed by atoms with Crippen molar-refractivity contribution in [3.63, 3.8) is 0 Å². The summed E-state index contributed by atoms with van der Waals surface area (Å²) >= 11 is 0. The van der Waals surface area contributed by atoms with Crippen molar-refractivity contribution in [3.8, 4) is 0 Å². The van der Waals surface area contributed by atoms with Crippen LogP contribution < -0.4 is 0 Å². The van der Waals surface area contributed by atoms with E-state index in [0.717, 1.165) is 44.1 Å². The summed E-state index contributed by atoms with van der Waals surface area (Å²) in [6, 6.07) is 0. The molecular weight excluding hydrogens is 428 g/mol. The van der Waals surface area contributed by atoms with Crippen molar-refractivity contribution in [2.75, 3.05) is 0 Å². The molecule has 0 aromatic rings. The summed E-state index contributed by atoms with van der Waals surface area (Å²) in [5, 5.41) is 44.4. The van der Waals surface area contributed by atoms with Gasteiger partial charge < -0.3 is 20.4 Å². The van der Waals surface area contributed by atoms with E-state index in [2.05, 4.69) is 34.3 Å². The molecule has 4 saturated carbocycles. The molecule has 4 N–H and O–H groups in total. The number of allylic oxidation sites excluding steroid dienone is 1. The molecule has 4 fully saturated rings. The van der Waals surface area contributed by atoms with Gasteiger partial charge in [0.25, 0.3) is 0 Å². The largest absolute Gasteiger partial charge is 0.481 e. The number of rotatable bonds is 5. The zero-order valence-corrected chi connectivity index (χ0v) is 22.2. The predicted molar refractivity (Wildman–Crippen MR) is 133 cm³/mol. The zero-order chi connectivity index (χ0) is 25.5. The Balaban J connectivity index is 1.80. The molecule has 10 atom stereocenters. The summed E-state index contributed by atoms with van der Waals surface area (Å²) in [4.78, 5) is 11.6. The molecule has 34 heavy (non-hydrogen) atoms. The van der Waals surface area contributed by atoms with Crippen LogP contribution in [0.5, 0.6) is 0 Å². The van der Waals surface area contributed by atoms with Crippen LogP contribution in [0.4, 0.5) is 0 Å². The lowest BCUT2D eigenvalue weighted by Crippen LogP contribution is -2.70. The lowest BCUT2D eigenvalue weighted by atomic mass is 9.33. The van der Waals surface area contributed by atoms with E-state index in [0.29, 0.717) is 24.7 Å². The summed E-state index contributed by atoms with van der Waals surface area (Å²) in [6.45, 7) is 16.8. The van der Waals surface area contributed by atoms with Crippen molar-refractivity contribution in [3.05, 3.63) is 12.2 Å². The van der Waals surface area contributed by atoms with Crippen LogP contribution in [0.15, 0.2) is 12.2 Å². The first-order chi connectivity index (χ1) is 15.5. The van der Waals surface area contributed by atoms with Crippen LogP contribution in [0.2, 0.25) is 0 Å². The Bertz CT molecular complexity index is 846. The molecule has 5 heteroatoms. The standard InChI is InChI=1S/C29H48O5/c1-17(2)18-10-13-29(34)15-14-27(6)19(24(18)29)8-9-20-26(5,12-11-23(31)32)21(25(3,4)33)16-22(30)28(20,27)7/h18-22,24,30,33-34H,1,8-16H2,2-7H3,(H,31,32)/t18-,19+,20+,21-,22-,24+,26+,27+,28-,29-/m0/s1. The summed E-state index contributed by atoms with van der Waals surface area (Å²) in [5.41, 5.74) is -1.45. The predicted octanol–water partition coefficient (Wildman–Crippen LogP) is 5.18. The second kappa shape index (κ2) is 8.05. The van der Waals surface area contributed by atoms with Gasteiger partial charge in [0.1, 0.15) is 0 Å². The van der Waals surface area contributed by atoms with Gasteiger partial charge >= 0.3 is 5.97 Å². The van der Waals surface area contributed by atoms with E-state index >= 15 is 0 Å². The van der Waals surface area contributed by atoms with E-state index in [4.69, 9.17) is 0 Å². The number of carbonyl (C=O) groups is 1. The molecule has 0 radical (unpaired) electrons. The highest BCUT2D eigenvalue weighted by atomic mass is 16.4. The molecule has 0 aliphatic heterocycles. The highest BCUT2D eigenvalue weighted by Crippen LogP contribution is 2.75. The van der Waals surface area contributed by atoms with Crippen LogP contribution in [-0.4, -0.2) is 43.7 Å². The fraction of sp³-hybridized carbons (Fsp3) is 0.897. The van der Waals surface area contributed by atoms with E-state index in [1.54, 1.807) is 0 Å². The van der Waals surface area contributed by atoms with Crippen molar-refractivity contribution in [2.45, 2.75) is 117 Å². The minimum Gasteiger partial charge on any atom is -0.481 e. The Morgan fingerprint density at radius 2 is 1.74 bits per heavy atom. The average molecular weight is 477 g/mol. The number of aliphatic hydroxyl groups is 3. The number of carboxylic acids is 1. The lowest BCUT2D eigenvalue weighted by Gasteiger charge is -2.72. The Labute approximate surface area is 206 Å². The van der Waals surface area contributed by atoms with Gasteiger partial charge in [0.2, 0.25) is 0 Å². The quantitative estimate of drug-likeness (QED) is 0.410. The third-order valence-corrected chi connectivity index (χ3v) is 12.1. The first-order valence-corrected chi connectivity index (χ1v) is 13.5. The normalized spacial score (nSPS) is 50.7. The van der Waals surface area contributed by atoms with Crippen molar-refractivity contribution in [2.24, 2.45) is 45.8 Å². The van der Waals surface area contributed by atoms with Gasteiger partial charge in [-0.3, -0.25) is 4.79 Å². The number of carboxylic acid groups (broad SMARTS) is 1.